The molecule has 0 aliphatic heterocycles. The number of allylic oxidation sites excluding steroid dienone is 1. The van der Waals surface area contributed by atoms with Gasteiger partial charge in [-0.1, -0.05) is 18.2 Å². The van der Waals surface area contributed by atoms with Crippen LogP contribution in [0, 0.1) is 0 Å². The Bertz CT molecular complexity index is 781. The molecule has 0 aromatic heterocycles. The molecule has 0 atom stereocenters. The Morgan fingerprint density at radius 2 is 1.84 bits per heavy atom. The molecule has 130 valence electrons. The lowest BCUT2D eigenvalue weighted by Crippen LogP contribution is -2.10. The Kier molecular flexibility index (Phi) is 6.65. The highest BCUT2D eigenvalue weighted by Gasteiger charge is 2.10. The number of carbonyl (C=O) groups is 2. The van der Waals surface area contributed by atoms with Crippen molar-refractivity contribution in [2.75, 3.05) is 20.0 Å². The van der Waals surface area contributed by atoms with Gasteiger partial charge in [0.25, 0.3) is 0 Å². The Morgan fingerprint density at radius 3 is 2.44 bits per heavy atom. The van der Waals surface area contributed by atoms with E-state index < -0.39 is 12.6 Å². The fraction of sp³-hybridized carbons (Fsp3) is 0.158. The summed E-state index contributed by atoms with van der Waals surface area (Å²) in [6.45, 7) is -0.477. The average molecular weight is 358 g/mol. The van der Waals surface area contributed by atoms with Crippen molar-refractivity contribution in [3.8, 4) is 11.5 Å². The topological polar surface area (TPSA) is 72.8 Å². The van der Waals surface area contributed by atoms with Crippen LogP contribution in [0.25, 0.3) is 6.08 Å². The van der Waals surface area contributed by atoms with E-state index in [4.69, 9.17) is 14.6 Å². The Hall–Kier alpha value is -2.73. The second-order valence-electron chi connectivity index (χ2n) is 5.02. The number of rotatable bonds is 8. The molecule has 25 heavy (non-hydrogen) atoms. The standard InChI is InChI=1S/C19H18O5S/c1-23-18-11-14(6-10-17(18)24-12-19(21)22)16(20)9-5-13-3-7-15(25-2)8-4-13/h3-11H,12H2,1-2H3,(H,21,22). The number of carboxylic acid groups (broad SMARTS) is 1. The first-order chi connectivity index (χ1) is 12.0. The monoisotopic (exact) mass is 358 g/mol. The van der Waals surface area contributed by atoms with Gasteiger partial charge in [0.1, 0.15) is 0 Å². The van der Waals surface area contributed by atoms with E-state index in [1.54, 1.807) is 23.9 Å². The van der Waals surface area contributed by atoms with E-state index >= 15 is 0 Å². The Morgan fingerprint density at radius 1 is 1.12 bits per heavy atom. The highest BCUT2D eigenvalue weighted by Crippen LogP contribution is 2.28. The molecule has 0 heterocycles. The first-order valence-electron chi connectivity index (χ1n) is 7.42. The molecule has 0 bridgehead atoms. The highest BCUT2D eigenvalue weighted by atomic mass is 32.2. The zero-order valence-corrected chi connectivity index (χ0v) is 14.7. The lowest BCUT2D eigenvalue weighted by Gasteiger charge is -2.09. The van der Waals surface area contributed by atoms with Crippen molar-refractivity contribution >= 4 is 29.6 Å². The zero-order valence-electron chi connectivity index (χ0n) is 13.9. The van der Waals surface area contributed by atoms with E-state index in [1.807, 2.05) is 30.5 Å². The molecule has 5 nitrogen and oxygen atoms in total. The molecule has 0 saturated heterocycles. The molecule has 1 N–H and O–H groups in total. The number of hydrogen-bond donors (Lipinski definition) is 1. The number of benzene rings is 2. The van der Waals surface area contributed by atoms with Crippen LogP contribution in [0.3, 0.4) is 0 Å². The summed E-state index contributed by atoms with van der Waals surface area (Å²) in [5.74, 6) is -0.683. The Balaban J connectivity index is 2.12. The largest absolute Gasteiger partial charge is 0.493 e. The molecule has 2 rings (SSSR count). The second-order valence-corrected chi connectivity index (χ2v) is 5.90. The first kappa shape index (κ1) is 18.6. The summed E-state index contributed by atoms with van der Waals surface area (Å²) in [5, 5.41) is 8.66. The fourth-order valence-electron chi connectivity index (χ4n) is 2.06. The summed E-state index contributed by atoms with van der Waals surface area (Å²) >= 11 is 1.66. The minimum atomic E-state index is -1.09. The van der Waals surface area contributed by atoms with Crippen LogP contribution in [0.4, 0.5) is 0 Å². The van der Waals surface area contributed by atoms with Crippen LogP contribution in [0.15, 0.2) is 53.4 Å². The first-order valence-corrected chi connectivity index (χ1v) is 8.65. The van der Waals surface area contributed by atoms with Crippen LogP contribution in [-0.2, 0) is 4.79 Å². The van der Waals surface area contributed by atoms with Crippen molar-refractivity contribution in [1.82, 2.24) is 0 Å². The van der Waals surface area contributed by atoms with E-state index in [0.29, 0.717) is 11.3 Å². The summed E-state index contributed by atoms with van der Waals surface area (Å²) in [5.41, 5.74) is 1.36. The van der Waals surface area contributed by atoms with Crippen LogP contribution >= 0.6 is 11.8 Å². The number of aliphatic carboxylic acids is 1. The number of carbonyl (C=O) groups excluding carboxylic acids is 1. The molecule has 0 aliphatic rings. The highest BCUT2D eigenvalue weighted by molar-refractivity contribution is 7.98. The summed E-state index contributed by atoms with van der Waals surface area (Å²) in [6.07, 6.45) is 5.24. The van der Waals surface area contributed by atoms with Gasteiger partial charge in [0, 0.05) is 10.5 Å². The third kappa shape index (κ3) is 5.39. The van der Waals surface area contributed by atoms with E-state index in [9.17, 15) is 9.59 Å². The van der Waals surface area contributed by atoms with Crippen molar-refractivity contribution < 1.29 is 24.2 Å². The van der Waals surface area contributed by atoms with Crippen molar-refractivity contribution in [2.24, 2.45) is 0 Å². The van der Waals surface area contributed by atoms with E-state index in [0.717, 1.165) is 10.5 Å². The molecule has 0 unspecified atom stereocenters. The van der Waals surface area contributed by atoms with Crippen molar-refractivity contribution in [1.29, 1.82) is 0 Å². The average Bonchev–Trinajstić information content (AvgIpc) is 2.64. The molecule has 0 fully saturated rings. The van der Waals surface area contributed by atoms with Gasteiger partial charge in [-0.2, -0.15) is 0 Å². The van der Waals surface area contributed by atoms with Crippen molar-refractivity contribution in [3.63, 3.8) is 0 Å². The van der Waals surface area contributed by atoms with Gasteiger partial charge < -0.3 is 14.6 Å². The van der Waals surface area contributed by atoms with E-state index in [2.05, 4.69) is 0 Å². The molecule has 2 aromatic carbocycles. The minimum Gasteiger partial charge on any atom is -0.493 e. The van der Waals surface area contributed by atoms with Crippen LogP contribution < -0.4 is 9.47 Å². The summed E-state index contributed by atoms with van der Waals surface area (Å²) in [4.78, 5) is 24.0. The summed E-state index contributed by atoms with van der Waals surface area (Å²) in [7, 11) is 1.43. The van der Waals surface area contributed by atoms with Gasteiger partial charge in [-0.15, -0.1) is 11.8 Å². The molecule has 6 heteroatoms. The quantitative estimate of drug-likeness (QED) is 0.440. The van der Waals surface area contributed by atoms with Gasteiger partial charge in [-0.05, 0) is 48.2 Å². The predicted molar refractivity (Wildman–Crippen MR) is 97.7 cm³/mol. The summed E-state index contributed by atoms with van der Waals surface area (Å²) in [6, 6.07) is 12.5. The number of ketones is 1. The number of methoxy groups -OCH3 is 1. The van der Waals surface area contributed by atoms with Crippen molar-refractivity contribution in [3.05, 3.63) is 59.7 Å². The number of thioether (sulfide) groups is 1. The maximum Gasteiger partial charge on any atom is 0.341 e. The molecule has 0 aliphatic carbocycles. The predicted octanol–water partition coefficient (Wildman–Crippen LogP) is 3.78. The molecular weight excluding hydrogens is 340 g/mol. The van der Waals surface area contributed by atoms with Crippen LogP contribution in [0.2, 0.25) is 0 Å². The lowest BCUT2D eigenvalue weighted by atomic mass is 10.1. The lowest BCUT2D eigenvalue weighted by molar-refractivity contribution is -0.139. The molecule has 2 aromatic rings. The smallest absolute Gasteiger partial charge is 0.341 e. The Labute approximate surface area is 150 Å². The number of hydrogen-bond acceptors (Lipinski definition) is 5. The zero-order chi connectivity index (χ0) is 18.2. The van der Waals surface area contributed by atoms with Gasteiger partial charge in [-0.25, -0.2) is 4.79 Å². The van der Waals surface area contributed by atoms with E-state index in [1.165, 1.54) is 25.3 Å². The van der Waals surface area contributed by atoms with Gasteiger partial charge in [-0.3, -0.25) is 4.79 Å². The maximum absolute atomic E-state index is 12.3. The van der Waals surface area contributed by atoms with Crippen LogP contribution in [0.5, 0.6) is 11.5 Å². The molecule has 0 radical (unpaired) electrons. The second kappa shape index (κ2) is 8.94. The summed E-state index contributed by atoms with van der Waals surface area (Å²) < 4.78 is 10.3. The van der Waals surface area contributed by atoms with Crippen molar-refractivity contribution in [2.45, 2.75) is 4.90 Å². The number of ether oxygens (including phenoxy) is 2. The minimum absolute atomic E-state index is 0.183. The molecule has 0 amide bonds. The molecule has 0 saturated carbocycles. The normalized spacial score (nSPS) is 10.6. The SMILES string of the molecule is COc1cc(C(=O)C=Cc2ccc(SC)cc2)ccc1OCC(=O)O. The van der Waals surface area contributed by atoms with Gasteiger partial charge in [0.2, 0.25) is 0 Å². The van der Waals surface area contributed by atoms with E-state index in [-0.39, 0.29) is 11.5 Å². The van der Waals surface area contributed by atoms with Gasteiger partial charge >= 0.3 is 5.97 Å². The molecule has 0 spiro atoms. The third-order valence-corrected chi connectivity index (χ3v) is 4.09. The fourth-order valence-corrected chi connectivity index (χ4v) is 2.47. The van der Waals surface area contributed by atoms with Gasteiger partial charge in [0.05, 0.1) is 7.11 Å². The van der Waals surface area contributed by atoms with Gasteiger partial charge in [0.15, 0.2) is 23.9 Å². The number of carboxylic acids is 1. The van der Waals surface area contributed by atoms with Crippen LogP contribution in [0.1, 0.15) is 15.9 Å². The maximum atomic E-state index is 12.3. The van der Waals surface area contributed by atoms with Crippen LogP contribution in [-0.4, -0.2) is 36.8 Å². The molecular formula is C19H18O5S. The third-order valence-electron chi connectivity index (χ3n) is 3.34.